The Morgan fingerprint density at radius 3 is 2.44 bits per heavy atom. The first-order valence-corrected chi connectivity index (χ1v) is 11.0. The number of hydrogen-bond donors (Lipinski definition) is 3. The summed E-state index contributed by atoms with van der Waals surface area (Å²) in [6.45, 7) is 1.32. The molecule has 7 nitrogen and oxygen atoms in total. The first-order valence-electron chi connectivity index (χ1n) is 9.41. The standard InChI is InChI=1S/C22H19BrClN3O4S/c1-13-10-15(24)7-9-17(13)30-12-20(29)26-27-22(32)25-19(28)11-31-18-8-6-14-4-2-3-5-16(14)21(18)23/h2-10H,11-12H2,1H3,(H,26,29)(H2,25,27,28,32). The van der Waals surface area contributed by atoms with Crippen LogP contribution in [0.3, 0.4) is 0 Å². The monoisotopic (exact) mass is 535 g/mol. The van der Waals surface area contributed by atoms with Crippen molar-refractivity contribution < 1.29 is 19.1 Å². The second-order valence-electron chi connectivity index (χ2n) is 6.64. The Hall–Kier alpha value is -2.88. The number of hydrazine groups is 1. The van der Waals surface area contributed by atoms with E-state index in [1.165, 1.54) is 0 Å². The Balaban J connectivity index is 1.40. The van der Waals surface area contributed by atoms with Gasteiger partial charge >= 0.3 is 0 Å². The van der Waals surface area contributed by atoms with Gasteiger partial charge in [0.25, 0.3) is 11.8 Å². The smallest absolute Gasteiger partial charge is 0.276 e. The number of hydrogen-bond acceptors (Lipinski definition) is 5. The predicted molar refractivity (Wildman–Crippen MR) is 131 cm³/mol. The molecular weight excluding hydrogens is 518 g/mol. The Kier molecular flexibility index (Phi) is 8.26. The molecule has 3 rings (SSSR count). The number of rotatable bonds is 6. The second kappa shape index (κ2) is 11.1. The predicted octanol–water partition coefficient (Wildman–Crippen LogP) is 4.04. The summed E-state index contributed by atoms with van der Waals surface area (Å²) in [5.41, 5.74) is 5.59. The van der Waals surface area contributed by atoms with Gasteiger partial charge in [-0.3, -0.25) is 25.8 Å². The molecule has 3 aromatic carbocycles. The minimum absolute atomic E-state index is 0.0767. The van der Waals surface area contributed by atoms with Crippen molar-refractivity contribution in [3.63, 3.8) is 0 Å². The molecule has 0 aliphatic heterocycles. The van der Waals surface area contributed by atoms with Gasteiger partial charge in [0.2, 0.25) is 0 Å². The van der Waals surface area contributed by atoms with Crippen LogP contribution in [0.5, 0.6) is 11.5 Å². The van der Waals surface area contributed by atoms with Crippen molar-refractivity contribution in [2.75, 3.05) is 13.2 Å². The van der Waals surface area contributed by atoms with E-state index >= 15 is 0 Å². The van der Waals surface area contributed by atoms with E-state index in [4.69, 9.17) is 33.3 Å². The Morgan fingerprint density at radius 1 is 0.969 bits per heavy atom. The van der Waals surface area contributed by atoms with Crippen LogP contribution < -0.4 is 25.6 Å². The van der Waals surface area contributed by atoms with Gasteiger partial charge in [0.1, 0.15) is 11.5 Å². The third-order valence-corrected chi connectivity index (χ3v) is 5.51. The lowest BCUT2D eigenvalue weighted by Gasteiger charge is -2.13. The molecule has 0 saturated carbocycles. The molecule has 166 valence electrons. The summed E-state index contributed by atoms with van der Waals surface area (Å²) >= 11 is 14.4. The maximum absolute atomic E-state index is 12.1. The highest BCUT2D eigenvalue weighted by Gasteiger charge is 2.11. The van der Waals surface area contributed by atoms with Crippen molar-refractivity contribution in [2.45, 2.75) is 6.92 Å². The van der Waals surface area contributed by atoms with Gasteiger partial charge in [-0.1, -0.05) is 41.9 Å². The fraction of sp³-hybridized carbons (Fsp3) is 0.136. The van der Waals surface area contributed by atoms with Crippen LogP contribution in [0.15, 0.2) is 59.1 Å². The van der Waals surface area contributed by atoms with Gasteiger partial charge in [0.05, 0.1) is 4.47 Å². The van der Waals surface area contributed by atoms with Crippen LogP contribution in [0.1, 0.15) is 5.56 Å². The average molecular weight is 537 g/mol. The van der Waals surface area contributed by atoms with E-state index in [2.05, 4.69) is 32.1 Å². The highest BCUT2D eigenvalue weighted by Crippen LogP contribution is 2.32. The molecule has 0 aromatic heterocycles. The van der Waals surface area contributed by atoms with E-state index in [1.54, 1.807) is 24.3 Å². The van der Waals surface area contributed by atoms with Gasteiger partial charge in [0.15, 0.2) is 18.3 Å². The lowest BCUT2D eigenvalue weighted by atomic mass is 10.1. The van der Waals surface area contributed by atoms with Crippen LogP contribution in [0.25, 0.3) is 10.8 Å². The van der Waals surface area contributed by atoms with Crippen molar-refractivity contribution >= 4 is 67.4 Å². The zero-order chi connectivity index (χ0) is 23.1. The SMILES string of the molecule is Cc1cc(Cl)ccc1OCC(=O)NNC(=S)NC(=O)COc1ccc2ccccc2c1Br. The fourth-order valence-electron chi connectivity index (χ4n) is 2.74. The third-order valence-electron chi connectivity index (χ3n) is 4.25. The lowest BCUT2D eigenvalue weighted by Crippen LogP contribution is -2.50. The molecule has 3 N–H and O–H groups in total. The average Bonchev–Trinajstić information content (AvgIpc) is 2.77. The molecule has 0 atom stereocenters. The number of carbonyl (C=O) groups excluding carboxylic acids is 2. The molecule has 0 aliphatic carbocycles. The van der Waals surface area contributed by atoms with Gasteiger partial charge in [0, 0.05) is 5.02 Å². The highest BCUT2D eigenvalue weighted by atomic mass is 79.9. The van der Waals surface area contributed by atoms with Crippen molar-refractivity contribution in [1.29, 1.82) is 0 Å². The zero-order valence-corrected chi connectivity index (χ0v) is 20.1. The third kappa shape index (κ3) is 6.56. The number of ether oxygens (including phenoxy) is 2. The molecule has 0 fully saturated rings. The van der Waals surface area contributed by atoms with Gasteiger partial charge in [-0.25, -0.2) is 0 Å². The molecule has 0 heterocycles. The molecule has 0 bridgehead atoms. The summed E-state index contributed by atoms with van der Waals surface area (Å²) in [5.74, 6) is 0.107. The van der Waals surface area contributed by atoms with Gasteiger partial charge in [-0.15, -0.1) is 0 Å². The second-order valence-corrected chi connectivity index (χ2v) is 8.27. The first-order chi connectivity index (χ1) is 15.3. The minimum atomic E-state index is -0.482. The topological polar surface area (TPSA) is 88.7 Å². The van der Waals surface area contributed by atoms with E-state index in [0.29, 0.717) is 16.5 Å². The molecule has 32 heavy (non-hydrogen) atoms. The maximum atomic E-state index is 12.1. The van der Waals surface area contributed by atoms with Crippen molar-refractivity contribution in [2.24, 2.45) is 0 Å². The summed E-state index contributed by atoms with van der Waals surface area (Å²) in [6, 6.07) is 16.6. The molecule has 0 radical (unpaired) electrons. The highest BCUT2D eigenvalue weighted by molar-refractivity contribution is 9.10. The van der Waals surface area contributed by atoms with E-state index in [0.717, 1.165) is 20.8 Å². The summed E-state index contributed by atoms with van der Waals surface area (Å²) in [7, 11) is 0. The summed E-state index contributed by atoms with van der Waals surface area (Å²) in [5, 5.41) is 4.95. The van der Waals surface area contributed by atoms with E-state index in [1.807, 2.05) is 37.3 Å². The van der Waals surface area contributed by atoms with Crippen LogP contribution in [0, 0.1) is 6.92 Å². The molecule has 0 aliphatic rings. The molecule has 0 unspecified atom stereocenters. The van der Waals surface area contributed by atoms with E-state index in [9.17, 15) is 9.59 Å². The van der Waals surface area contributed by atoms with Gasteiger partial charge in [-0.2, -0.15) is 0 Å². The van der Waals surface area contributed by atoms with Crippen LogP contribution in [-0.4, -0.2) is 30.1 Å². The number of aryl methyl sites for hydroxylation is 1. The number of fused-ring (bicyclic) bond motifs is 1. The summed E-state index contributed by atoms with van der Waals surface area (Å²) < 4.78 is 11.8. The number of nitrogens with one attached hydrogen (secondary N) is 3. The summed E-state index contributed by atoms with van der Waals surface area (Å²) in [6.07, 6.45) is 0. The van der Waals surface area contributed by atoms with Crippen molar-refractivity contribution in [3.8, 4) is 11.5 Å². The molecule has 2 amide bonds. The molecule has 0 saturated heterocycles. The van der Waals surface area contributed by atoms with Crippen molar-refractivity contribution in [3.05, 3.63) is 69.7 Å². The quantitative estimate of drug-likeness (QED) is 0.326. The Morgan fingerprint density at radius 2 is 1.66 bits per heavy atom. The molecule has 10 heteroatoms. The van der Waals surface area contributed by atoms with E-state index in [-0.39, 0.29) is 18.3 Å². The van der Waals surface area contributed by atoms with Crippen LogP contribution in [0.4, 0.5) is 0 Å². The zero-order valence-electron chi connectivity index (χ0n) is 16.9. The number of benzene rings is 3. The lowest BCUT2D eigenvalue weighted by molar-refractivity contribution is -0.124. The fourth-order valence-corrected chi connectivity index (χ4v) is 3.74. The van der Waals surface area contributed by atoms with Crippen LogP contribution in [0.2, 0.25) is 5.02 Å². The largest absolute Gasteiger partial charge is 0.483 e. The van der Waals surface area contributed by atoms with Gasteiger partial charge in [-0.05, 0) is 75.7 Å². The van der Waals surface area contributed by atoms with E-state index < -0.39 is 11.8 Å². The Bertz CT molecular complexity index is 1180. The minimum Gasteiger partial charge on any atom is -0.483 e. The number of carbonyl (C=O) groups is 2. The Labute approximate surface area is 203 Å². The molecular formula is C22H19BrClN3O4S. The van der Waals surface area contributed by atoms with Crippen LogP contribution >= 0.6 is 39.7 Å². The van der Waals surface area contributed by atoms with Gasteiger partial charge < -0.3 is 9.47 Å². The number of thiocarbonyl (C=S) groups is 1. The number of amides is 2. The normalized spacial score (nSPS) is 10.3. The first kappa shape index (κ1) is 23.8. The number of halogens is 2. The molecule has 0 spiro atoms. The molecule has 3 aromatic rings. The van der Waals surface area contributed by atoms with Crippen LogP contribution in [-0.2, 0) is 9.59 Å². The maximum Gasteiger partial charge on any atom is 0.276 e. The van der Waals surface area contributed by atoms with Crippen molar-refractivity contribution in [1.82, 2.24) is 16.2 Å². The summed E-state index contributed by atoms with van der Waals surface area (Å²) in [4.78, 5) is 24.0.